The molecule has 2 amide bonds. The Morgan fingerprint density at radius 1 is 0.647 bits per heavy atom. The molecule has 0 bridgehead atoms. The Labute approximate surface area is 200 Å². The average molecular weight is 462 g/mol. The van der Waals surface area contributed by atoms with Crippen LogP contribution in [0, 0.1) is 0 Å². The molecule has 2 N–H and O–H groups in total. The lowest BCUT2D eigenvalue weighted by atomic mass is 10.1. The van der Waals surface area contributed by atoms with Crippen molar-refractivity contribution in [1.82, 2.24) is 15.6 Å². The second-order valence-electron chi connectivity index (χ2n) is 7.68. The van der Waals surface area contributed by atoms with Gasteiger partial charge in [0.05, 0.1) is 13.2 Å². The zero-order valence-corrected chi connectivity index (χ0v) is 19.7. The summed E-state index contributed by atoms with van der Waals surface area (Å²) in [4.78, 5) is 29.3. The fraction of sp³-hybridized carbons (Fsp3) is 0.296. The number of carbonyl (C=O) groups excluding carboxylic acids is 2. The van der Waals surface area contributed by atoms with Crippen LogP contribution in [-0.2, 0) is 35.8 Å². The van der Waals surface area contributed by atoms with Crippen LogP contribution < -0.4 is 10.6 Å². The molecule has 0 aliphatic rings. The first-order chi connectivity index (χ1) is 16.6. The van der Waals surface area contributed by atoms with E-state index in [9.17, 15) is 9.59 Å². The minimum absolute atomic E-state index is 0.195. The van der Waals surface area contributed by atoms with E-state index in [-0.39, 0.29) is 23.2 Å². The van der Waals surface area contributed by atoms with Crippen molar-refractivity contribution in [3.8, 4) is 0 Å². The molecule has 34 heavy (non-hydrogen) atoms. The minimum Gasteiger partial charge on any atom is -0.377 e. The van der Waals surface area contributed by atoms with Gasteiger partial charge in [-0.1, -0.05) is 54.6 Å². The lowest BCUT2D eigenvalue weighted by Crippen LogP contribution is -2.27. The number of rotatable bonds is 12. The molecule has 7 nitrogen and oxygen atoms in total. The van der Waals surface area contributed by atoms with Crippen LogP contribution >= 0.6 is 0 Å². The maximum absolute atomic E-state index is 12.6. The fourth-order valence-electron chi connectivity index (χ4n) is 3.18. The van der Waals surface area contributed by atoms with E-state index in [1.54, 1.807) is 18.2 Å². The molecule has 0 radical (unpaired) electrons. The van der Waals surface area contributed by atoms with E-state index in [1.807, 2.05) is 62.4 Å². The summed E-state index contributed by atoms with van der Waals surface area (Å²) < 4.78 is 10.8. The molecule has 1 aromatic heterocycles. The highest BCUT2D eigenvalue weighted by Crippen LogP contribution is 2.08. The quantitative estimate of drug-likeness (QED) is 0.425. The molecule has 1 heterocycles. The van der Waals surface area contributed by atoms with Crippen LogP contribution in [0.25, 0.3) is 0 Å². The predicted molar refractivity (Wildman–Crippen MR) is 130 cm³/mol. The normalized spacial score (nSPS) is 10.6. The van der Waals surface area contributed by atoms with Gasteiger partial charge in [-0.25, -0.2) is 4.98 Å². The number of aromatic nitrogens is 1. The van der Waals surface area contributed by atoms with Crippen molar-refractivity contribution >= 4 is 11.8 Å². The summed E-state index contributed by atoms with van der Waals surface area (Å²) in [5.74, 6) is -0.671. The van der Waals surface area contributed by atoms with Crippen LogP contribution in [0.3, 0.4) is 0 Å². The van der Waals surface area contributed by atoms with Gasteiger partial charge >= 0.3 is 0 Å². The van der Waals surface area contributed by atoms with E-state index in [4.69, 9.17) is 9.47 Å². The molecule has 0 spiro atoms. The smallest absolute Gasteiger partial charge is 0.270 e. The van der Waals surface area contributed by atoms with Gasteiger partial charge in [-0.15, -0.1) is 0 Å². The summed E-state index contributed by atoms with van der Waals surface area (Å²) in [6.07, 6.45) is 0. The van der Waals surface area contributed by atoms with Gasteiger partial charge in [0.1, 0.15) is 11.4 Å². The van der Waals surface area contributed by atoms with E-state index in [0.717, 1.165) is 22.3 Å². The number of pyridine rings is 1. The third-order valence-electron chi connectivity index (χ3n) is 5.11. The van der Waals surface area contributed by atoms with Crippen LogP contribution in [0.5, 0.6) is 0 Å². The van der Waals surface area contributed by atoms with Gasteiger partial charge in [0.25, 0.3) is 11.8 Å². The summed E-state index contributed by atoms with van der Waals surface area (Å²) in [7, 11) is 0. The van der Waals surface area contributed by atoms with E-state index in [0.29, 0.717) is 39.5 Å². The zero-order valence-electron chi connectivity index (χ0n) is 19.7. The van der Waals surface area contributed by atoms with Crippen LogP contribution in [0.1, 0.15) is 57.1 Å². The molecule has 0 fully saturated rings. The Balaban J connectivity index is 1.51. The molecule has 7 heteroatoms. The largest absolute Gasteiger partial charge is 0.377 e. The van der Waals surface area contributed by atoms with E-state index in [2.05, 4.69) is 15.6 Å². The first kappa shape index (κ1) is 25.1. The second-order valence-corrected chi connectivity index (χ2v) is 7.68. The number of amides is 2. The van der Waals surface area contributed by atoms with Crippen LogP contribution in [0.4, 0.5) is 0 Å². The second kappa shape index (κ2) is 13.2. The van der Waals surface area contributed by atoms with Crippen molar-refractivity contribution in [2.24, 2.45) is 0 Å². The summed E-state index contributed by atoms with van der Waals surface area (Å²) >= 11 is 0. The Morgan fingerprint density at radius 2 is 1.03 bits per heavy atom. The highest BCUT2D eigenvalue weighted by Gasteiger charge is 2.12. The number of carbonyl (C=O) groups is 2. The Kier molecular flexibility index (Phi) is 9.76. The first-order valence-corrected chi connectivity index (χ1v) is 11.4. The molecule has 3 rings (SSSR count). The highest BCUT2D eigenvalue weighted by molar-refractivity contribution is 5.96. The Bertz CT molecular complexity index is 983. The van der Waals surface area contributed by atoms with Crippen molar-refractivity contribution in [3.05, 3.63) is 100 Å². The van der Waals surface area contributed by atoms with Crippen molar-refractivity contribution in [3.63, 3.8) is 0 Å². The van der Waals surface area contributed by atoms with Gasteiger partial charge in [-0.2, -0.15) is 0 Å². The number of hydrogen-bond acceptors (Lipinski definition) is 5. The average Bonchev–Trinajstić information content (AvgIpc) is 2.89. The standard InChI is InChI=1S/C27H31N3O4/c1-3-33-18-22-12-8-20(9-13-22)16-28-26(31)24-6-5-7-25(30-24)27(32)29-17-21-10-14-23(15-11-21)19-34-4-2/h5-15H,3-4,16-19H2,1-2H3,(H,28,31)(H,29,32). The van der Waals surface area contributed by atoms with Gasteiger partial charge in [0, 0.05) is 26.3 Å². The molecule has 0 atom stereocenters. The molecule has 178 valence electrons. The molecular formula is C27H31N3O4. The summed E-state index contributed by atoms with van der Waals surface area (Å²) in [6, 6.07) is 20.6. The third kappa shape index (κ3) is 7.79. The lowest BCUT2D eigenvalue weighted by molar-refractivity contribution is 0.0941. The molecule has 0 aliphatic carbocycles. The van der Waals surface area contributed by atoms with Crippen LogP contribution in [0.2, 0.25) is 0 Å². The van der Waals surface area contributed by atoms with E-state index >= 15 is 0 Å². The fourth-order valence-corrected chi connectivity index (χ4v) is 3.18. The molecule has 0 saturated carbocycles. The number of nitrogens with one attached hydrogen (secondary N) is 2. The number of benzene rings is 2. The van der Waals surface area contributed by atoms with Crippen LogP contribution in [0.15, 0.2) is 66.7 Å². The lowest BCUT2D eigenvalue weighted by Gasteiger charge is -2.09. The van der Waals surface area contributed by atoms with Gasteiger partial charge in [0.15, 0.2) is 0 Å². The maximum atomic E-state index is 12.6. The Hall–Kier alpha value is -3.55. The summed E-state index contributed by atoms with van der Waals surface area (Å²) in [5, 5.41) is 5.69. The summed E-state index contributed by atoms with van der Waals surface area (Å²) in [6.45, 7) is 7.13. The van der Waals surface area contributed by atoms with Crippen LogP contribution in [-0.4, -0.2) is 30.0 Å². The van der Waals surface area contributed by atoms with Gasteiger partial charge in [-0.05, 0) is 48.2 Å². The zero-order chi connectivity index (χ0) is 24.2. The Morgan fingerprint density at radius 3 is 1.41 bits per heavy atom. The van der Waals surface area contributed by atoms with Gasteiger partial charge in [-0.3, -0.25) is 9.59 Å². The minimum atomic E-state index is -0.335. The van der Waals surface area contributed by atoms with E-state index < -0.39 is 0 Å². The van der Waals surface area contributed by atoms with Gasteiger partial charge < -0.3 is 20.1 Å². The monoisotopic (exact) mass is 461 g/mol. The third-order valence-corrected chi connectivity index (χ3v) is 5.11. The van der Waals surface area contributed by atoms with Crippen molar-refractivity contribution in [2.75, 3.05) is 13.2 Å². The number of hydrogen-bond donors (Lipinski definition) is 2. The van der Waals surface area contributed by atoms with Crippen molar-refractivity contribution in [2.45, 2.75) is 40.2 Å². The van der Waals surface area contributed by atoms with Crippen molar-refractivity contribution in [1.29, 1.82) is 0 Å². The SMILES string of the molecule is CCOCc1ccc(CNC(=O)c2cccc(C(=O)NCc3ccc(COCC)cc3)n2)cc1. The molecule has 0 aliphatic heterocycles. The van der Waals surface area contributed by atoms with Gasteiger partial charge in [0.2, 0.25) is 0 Å². The predicted octanol–water partition coefficient (Wildman–Crippen LogP) is 4.01. The number of ether oxygens (including phenoxy) is 2. The highest BCUT2D eigenvalue weighted by atomic mass is 16.5. The first-order valence-electron chi connectivity index (χ1n) is 11.4. The topological polar surface area (TPSA) is 89.5 Å². The number of nitrogens with zero attached hydrogens (tertiary/aromatic N) is 1. The van der Waals surface area contributed by atoms with Crippen molar-refractivity contribution < 1.29 is 19.1 Å². The molecular weight excluding hydrogens is 430 g/mol. The summed E-state index contributed by atoms with van der Waals surface area (Å²) in [5.41, 5.74) is 4.49. The molecule has 3 aromatic rings. The maximum Gasteiger partial charge on any atom is 0.270 e. The molecule has 2 aromatic carbocycles. The molecule has 0 saturated heterocycles. The van der Waals surface area contributed by atoms with E-state index in [1.165, 1.54) is 0 Å². The molecule has 0 unspecified atom stereocenters.